The molecule has 1 amide bonds. The van der Waals surface area contributed by atoms with E-state index in [9.17, 15) is 13.6 Å². The zero-order valence-corrected chi connectivity index (χ0v) is 16.9. The fourth-order valence-electron chi connectivity index (χ4n) is 3.09. The van der Waals surface area contributed by atoms with Crippen molar-refractivity contribution in [3.8, 4) is 11.5 Å². The second kappa shape index (κ2) is 8.67. The van der Waals surface area contributed by atoms with E-state index >= 15 is 0 Å². The molecule has 168 valence electrons. The van der Waals surface area contributed by atoms with Crippen LogP contribution in [0.5, 0.6) is 11.5 Å². The summed E-state index contributed by atoms with van der Waals surface area (Å²) in [5, 5.41) is 21.8. The summed E-state index contributed by atoms with van der Waals surface area (Å²) in [6, 6.07) is 7.62. The summed E-state index contributed by atoms with van der Waals surface area (Å²) in [5.74, 6) is 0.333. The van der Waals surface area contributed by atoms with E-state index in [4.69, 9.17) is 5.11 Å². The molecule has 3 heterocycles. The standard InChI is InChI=1S/C20H20F2N6O4/c1-28-18(25-10-12-4-5-23-17(8-12)24-6-7-29)14(11-26-28)19(30)27-13-2-3-15-16(9-13)32-20(21,22)31-15/h2-5,8-9,11,25,29H,6-7,10H2,1H3,(H,23,24)(H,27,30). The van der Waals surface area contributed by atoms with Crippen molar-refractivity contribution in [1.29, 1.82) is 0 Å². The van der Waals surface area contributed by atoms with Gasteiger partial charge in [0.2, 0.25) is 0 Å². The number of hydrogen-bond donors (Lipinski definition) is 4. The summed E-state index contributed by atoms with van der Waals surface area (Å²) in [6.07, 6.45) is -0.692. The number of rotatable bonds is 8. The number of nitrogens with zero attached hydrogens (tertiary/aromatic N) is 3. The number of aliphatic hydroxyl groups excluding tert-OH is 1. The van der Waals surface area contributed by atoms with Gasteiger partial charge in [0.05, 0.1) is 12.8 Å². The van der Waals surface area contributed by atoms with Gasteiger partial charge in [-0.05, 0) is 29.8 Å². The Bertz CT molecular complexity index is 1140. The molecule has 0 radical (unpaired) electrons. The lowest BCUT2D eigenvalue weighted by Gasteiger charge is -2.11. The highest BCUT2D eigenvalue weighted by Gasteiger charge is 2.43. The average molecular weight is 446 g/mol. The van der Waals surface area contributed by atoms with E-state index < -0.39 is 12.2 Å². The third-order valence-corrected chi connectivity index (χ3v) is 4.54. The van der Waals surface area contributed by atoms with Crippen molar-refractivity contribution in [3.63, 3.8) is 0 Å². The Balaban J connectivity index is 1.44. The number of fused-ring (bicyclic) bond motifs is 1. The maximum absolute atomic E-state index is 13.2. The van der Waals surface area contributed by atoms with E-state index in [1.165, 1.54) is 29.1 Å². The molecular formula is C20H20F2N6O4. The lowest BCUT2D eigenvalue weighted by Crippen LogP contribution is -2.25. The van der Waals surface area contributed by atoms with Crippen LogP contribution in [0.3, 0.4) is 0 Å². The van der Waals surface area contributed by atoms with E-state index in [0.29, 0.717) is 24.7 Å². The summed E-state index contributed by atoms with van der Waals surface area (Å²) in [7, 11) is 1.68. The van der Waals surface area contributed by atoms with Crippen LogP contribution in [0, 0.1) is 0 Å². The SMILES string of the molecule is Cn1ncc(C(=O)Nc2ccc3c(c2)OC(F)(F)O3)c1NCc1ccnc(NCCO)c1. The van der Waals surface area contributed by atoms with E-state index in [-0.39, 0.29) is 29.4 Å². The van der Waals surface area contributed by atoms with Crippen LogP contribution in [0.15, 0.2) is 42.7 Å². The summed E-state index contributed by atoms with van der Waals surface area (Å²) >= 11 is 0. The maximum atomic E-state index is 13.2. The number of pyridine rings is 1. The smallest absolute Gasteiger partial charge is 0.395 e. The van der Waals surface area contributed by atoms with Gasteiger partial charge in [0.25, 0.3) is 5.91 Å². The number of ether oxygens (including phenoxy) is 2. The van der Waals surface area contributed by atoms with Crippen LogP contribution in [0.25, 0.3) is 0 Å². The molecule has 4 N–H and O–H groups in total. The van der Waals surface area contributed by atoms with Gasteiger partial charge in [0.15, 0.2) is 11.5 Å². The normalized spacial score (nSPS) is 13.6. The van der Waals surface area contributed by atoms with Crippen LogP contribution >= 0.6 is 0 Å². The number of alkyl halides is 2. The number of halogens is 2. The summed E-state index contributed by atoms with van der Waals surface area (Å²) in [6.45, 7) is 0.756. The first-order valence-corrected chi connectivity index (χ1v) is 9.61. The van der Waals surface area contributed by atoms with E-state index in [1.54, 1.807) is 13.2 Å². The molecule has 32 heavy (non-hydrogen) atoms. The third kappa shape index (κ3) is 4.70. The van der Waals surface area contributed by atoms with Crippen LogP contribution in [-0.4, -0.2) is 45.2 Å². The van der Waals surface area contributed by atoms with E-state index in [2.05, 4.69) is 35.5 Å². The molecule has 0 atom stereocenters. The molecule has 0 spiro atoms. The first kappa shape index (κ1) is 21.3. The number of carbonyl (C=O) groups excluding carboxylic acids is 1. The van der Waals surface area contributed by atoms with Gasteiger partial charge in [-0.3, -0.25) is 9.48 Å². The molecule has 4 rings (SSSR count). The second-order valence-corrected chi connectivity index (χ2v) is 6.87. The predicted molar refractivity (Wildman–Crippen MR) is 111 cm³/mol. The van der Waals surface area contributed by atoms with Gasteiger partial charge in [-0.1, -0.05) is 0 Å². The first-order chi connectivity index (χ1) is 15.3. The van der Waals surface area contributed by atoms with Crippen LogP contribution in [0.2, 0.25) is 0 Å². The van der Waals surface area contributed by atoms with Gasteiger partial charge in [-0.15, -0.1) is 8.78 Å². The van der Waals surface area contributed by atoms with Crippen molar-refractivity contribution in [2.45, 2.75) is 12.8 Å². The minimum absolute atomic E-state index is 0.0105. The fraction of sp³-hybridized carbons (Fsp3) is 0.250. The van der Waals surface area contributed by atoms with Gasteiger partial charge < -0.3 is 30.5 Å². The van der Waals surface area contributed by atoms with Gasteiger partial charge in [0.1, 0.15) is 17.2 Å². The predicted octanol–water partition coefficient (Wildman–Crippen LogP) is 2.41. The van der Waals surface area contributed by atoms with Crippen molar-refractivity contribution in [3.05, 3.63) is 53.9 Å². The Morgan fingerprint density at radius 1 is 1.19 bits per heavy atom. The number of amides is 1. The highest BCUT2D eigenvalue weighted by atomic mass is 19.3. The molecule has 1 aliphatic heterocycles. The Labute approximate surface area is 181 Å². The van der Waals surface area contributed by atoms with Crippen LogP contribution < -0.4 is 25.4 Å². The van der Waals surface area contributed by atoms with Crippen molar-refractivity contribution >= 4 is 23.2 Å². The molecule has 0 saturated heterocycles. The quantitative estimate of drug-likeness (QED) is 0.416. The molecule has 10 nitrogen and oxygen atoms in total. The Kier molecular flexibility index (Phi) is 5.77. The second-order valence-electron chi connectivity index (χ2n) is 6.87. The third-order valence-electron chi connectivity index (χ3n) is 4.54. The molecule has 0 unspecified atom stereocenters. The number of aryl methyl sites for hydroxylation is 1. The monoisotopic (exact) mass is 446 g/mol. The van der Waals surface area contributed by atoms with Crippen LogP contribution in [0.1, 0.15) is 15.9 Å². The molecule has 3 aromatic rings. The van der Waals surface area contributed by atoms with Gasteiger partial charge in [0, 0.05) is 38.1 Å². The minimum Gasteiger partial charge on any atom is -0.395 e. The number of aromatic nitrogens is 3. The van der Waals surface area contributed by atoms with Crippen molar-refractivity contribution in [2.24, 2.45) is 7.05 Å². The highest BCUT2D eigenvalue weighted by Crippen LogP contribution is 2.42. The Morgan fingerprint density at radius 3 is 2.81 bits per heavy atom. The molecule has 2 aromatic heterocycles. The molecule has 0 aliphatic carbocycles. The van der Waals surface area contributed by atoms with Gasteiger partial charge in [-0.2, -0.15) is 5.10 Å². The number of benzene rings is 1. The zero-order chi connectivity index (χ0) is 22.7. The Hall–Kier alpha value is -3.93. The van der Waals surface area contributed by atoms with Gasteiger partial charge >= 0.3 is 6.29 Å². The van der Waals surface area contributed by atoms with Crippen molar-refractivity contribution in [2.75, 3.05) is 29.1 Å². The average Bonchev–Trinajstić information content (AvgIpc) is 3.28. The molecule has 1 aliphatic rings. The molecule has 1 aromatic carbocycles. The van der Waals surface area contributed by atoms with Crippen molar-refractivity contribution < 1.29 is 28.2 Å². The van der Waals surface area contributed by atoms with Crippen LogP contribution in [-0.2, 0) is 13.6 Å². The molecular weight excluding hydrogens is 426 g/mol. The lowest BCUT2D eigenvalue weighted by molar-refractivity contribution is -0.286. The Morgan fingerprint density at radius 2 is 2.00 bits per heavy atom. The fourth-order valence-corrected chi connectivity index (χ4v) is 3.09. The lowest BCUT2D eigenvalue weighted by atomic mass is 10.2. The highest BCUT2D eigenvalue weighted by molar-refractivity contribution is 6.07. The molecule has 12 heteroatoms. The minimum atomic E-state index is -3.73. The largest absolute Gasteiger partial charge is 0.586 e. The van der Waals surface area contributed by atoms with Crippen molar-refractivity contribution in [1.82, 2.24) is 14.8 Å². The summed E-state index contributed by atoms with van der Waals surface area (Å²) in [4.78, 5) is 17.0. The summed E-state index contributed by atoms with van der Waals surface area (Å²) < 4.78 is 36.7. The van der Waals surface area contributed by atoms with E-state index in [0.717, 1.165) is 5.56 Å². The summed E-state index contributed by atoms with van der Waals surface area (Å²) in [5.41, 5.74) is 1.42. The van der Waals surface area contributed by atoms with Gasteiger partial charge in [-0.25, -0.2) is 4.98 Å². The first-order valence-electron chi connectivity index (χ1n) is 9.61. The molecule has 0 bridgehead atoms. The zero-order valence-electron chi connectivity index (χ0n) is 16.9. The topological polar surface area (TPSA) is 123 Å². The number of aliphatic hydroxyl groups is 1. The molecule has 0 fully saturated rings. The van der Waals surface area contributed by atoms with E-state index in [1.807, 2.05) is 12.1 Å². The van der Waals surface area contributed by atoms with Crippen LogP contribution in [0.4, 0.5) is 26.1 Å². The maximum Gasteiger partial charge on any atom is 0.586 e. The number of hydrogen-bond acceptors (Lipinski definition) is 8. The number of nitrogens with one attached hydrogen (secondary N) is 3. The number of carbonyl (C=O) groups is 1. The molecule has 0 saturated carbocycles. The number of anilines is 3.